The third-order valence-electron chi connectivity index (χ3n) is 4.78. The molecule has 0 aromatic heterocycles. The fourth-order valence-corrected chi connectivity index (χ4v) is 3.72. The summed E-state index contributed by atoms with van der Waals surface area (Å²) in [7, 11) is 4.13. The Morgan fingerprint density at radius 2 is 1.56 bits per heavy atom. The van der Waals surface area contributed by atoms with Crippen molar-refractivity contribution in [1.29, 1.82) is 0 Å². The molecule has 0 radical (unpaired) electrons. The Bertz CT molecular complexity index is 221. The van der Waals surface area contributed by atoms with Crippen LogP contribution in [0.2, 0.25) is 0 Å². The average Bonchev–Trinajstić information content (AvgIpc) is 2.71. The lowest BCUT2D eigenvalue weighted by Crippen LogP contribution is -2.58. The third-order valence-corrected chi connectivity index (χ3v) is 4.78. The maximum absolute atomic E-state index is 5.98. The fourth-order valence-electron chi connectivity index (χ4n) is 3.72. The molecule has 3 nitrogen and oxygen atoms in total. The van der Waals surface area contributed by atoms with Crippen LogP contribution in [0.4, 0.5) is 0 Å². The van der Waals surface area contributed by atoms with Crippen LogP contribution in [0.15, 0.2) is 0 Å². The lowest BCUT2D eigenvalue weighted by Gasteiger charge is -2.46. The molecule has 2 aliphatic rings. The lowest BCUT2D eigenvalue weighted by atomic mass is 9.66. The van der Waals surface area contributed by atoms with Crippen molar-refractivity contribution in [3.05, 3.63) is 0 Å². The van der Waals surface area contributed by atoms with Crippen molar-refractivity contribution >= 4 is 0 Å². The van der Waals surface area contributed by atoms with E-state index in [0.29, 0.717) is 5.41 Å². The molecule has 2 aliphatic carbocycles. The van der Waals surface area contributed by atoms with Gasteiger partial charge >= 0.3 is 0 Å². The SMILES string of the molecule is CN(C)NC1(CN)CCC2(CCCC2)CC1. The smallest absolute Gasteiger partial charge is 0.0448 e. The van der Waals surface area contributed by atoms with Crippen molar-refractivity contribution in [2.75, 3.05) is 20.6 Å². The molecule has 2 saturated carbocycles. The van der Waals surface area contributed by atoms with Crippen molar-refractivity contribution in [1.82, 2.24) is 10.4 Å². The van der Waals surface area contributed by atoms with Crippen LogP contribution < -0.4 is 11.2 Å². The van der Waals surface area contributed by atoms with Gasteiger partial charge in [-0.3, -0.25) is 5.01 Å². The second-order valence-corrected chi connectivity index (χ2v) is 6.20. The monoisotopic (exact) mass is 225 g/mol. The molecule has 2 rings (SSSR count). The van der Waals surface area contributed by atoms with Crippen LogP contribution in [0.5, 0.6) is 0 Å². The van der Waals surface area contributed by atoms with E-state index in [9.17, 15) is 0 Å². The summed E-state index contributed by atoms with van der Waals surface area (Å²) in [6.07, 6.45) is 11.1. The molecule has 0 heterocycles. The van der Waals surface area contributed by atoms with E-state index in [1.54, 1.807) is 0 Å². The van der Waals surface area contributed by atoms with Gasteiger partial charge in [-0.25, -0.2) is 5.43 Å². The Morgan fingerprint density at radius 1 is 1.00 bits per heavy atom. The number of rotatable bonds is 3. The summed E-state index contributed by atoms with van der Waals surface area (Å²) in [5, 5.41) is 2.07. The van der Waals surface area contributed by atoms with Gasteiger partial charge in [0.1, 0.15) is 0 Å². The summed E-state index contributed by atoms with van der Waals surface area (Å²) in [5.41, 5.74) is 10.4. The molecular weight excluding hydrogens is 198 g/mol. The van der Waals surface area contributed by atoms with Crippen molar-refractivity contribution in [2.24, 2.45) is 11.1 Å². The van der Waals surface area contributed by atoms with Crippen molar-refractivity contribution < 1.29 is 0 Å². The predicted molar refractivity (Wildman–Crippen MR) is 68.0 cm³/mol. The molecule has 0 aliphatic heterocycles. The van der Waals surface area contributed by atoms with Gasteiger partial charge in [0, 0.05) is 26.2 Å². The van der Waals surface area contributed by atoms with E-state index in [0.717, 1.165) is 6.54 Å². The van der Waals surface area contributed by atoms with E-state index >= 15 is 0 Å². The highest BCUT2D eigenvalue weighted by Crippen LogP contribution is 2.50. The van der Waals surface area contributed by atoms with E-state index in [4.69, 9.17) is 5.73 Å². The normalized spacial score (nSPS) is 27.8. The zero-order chi connectivity index (χ0) is 11.6. The molecule has 0 atom stereocenters. The number of nitrogens with zero attached hydrogens (tertiary/aromatic N) is 1. The summed E-state index contributed by atoms with van der Waals surface area (Å²) in [5.74, 6) is 0. The fraction of sp³-hybridized carbons (Fsp3) is 1.00. The maximum Gasteiger partial charge on any atom is 0.0448 e. The highest BCUT2D eigenvalue weighted by Gasteiger charge is 2.43. The first kappa shape index (κ1) is 12.3. The van der Waals surface area contributed by atoms with Gasteiger partial charge in [0.2, 0.25) is 0 Å². The van der Waals surface area contributed by atoms with Gasteiger partial charge in [-0.05, 0) is 43.9 Å². The van der Waals surface area contributed by atoms with Crippen LogP contribution in [0.25, 0.3) is 0 Å². The first-order valence-electron chi connectivity index (χ1n) is 6.75. The molecule has 0 aromatic carbocycles. The predicted octanol–water partition coefficient (Wildman–Crippen LogP) is 1.88. The average molecular weight is 225 g/mol. The van der Waals surface area contributed by atoms with Crippen LogP contribution in [-0.4, -0.2) is 31.2 Å². The molecule has 2 fully saturated rings. The van der Waals surface area contributed by atoms with E-state index in [1.807, 2.05) is 0 Å². The van der Waals surface area contributed by atoms with Gasteiger partial charge in [-0.15, -0.1) is 0 Å². The van der Waals surface area contributed by atoms with Crippen LogP contribution in [-0.2, 0) is 0 Å². The summed E-state index contributed by atoms with van der Waals surface area (Å²) in [4.78, 5) is 0. The minimum atomic E-state index is 0.178. The first-order valence-corrected chi connectivity index (χ1v) is 6.75. The molecule has 0 amide bonds. The molecule has 3 N–H and O–H groups in total. The van der Waals surface area contributed by atoms with Crippen molar-refractivity contribution in [2.45, 2.75) is 56.9 Å². The summed E-state index contributed by atoms with van der Waals surface area (Å²) in [6.45, 7) is 0.765. The van der Waals surface area contributed by atoms with Crippen LogP contribution in [0, 0.1) is 5.41 Å². The Labute approximate surface area is 99.7 Å². The standard InChI is InChI=1S/C13H27N3/c1-16(2)15-13(11-14)9-7-12(8-10-13)5-3-4-6-12/h15H,3-11,14H2,1-2H3. The molecule has 3 heteroatoms. The summed E-state index contributed by atoms with van der Waals surface area (Å²) in [6, 6.07) is 0. The Morgan fingerprint density at radius 3 is 2.00 bits per heavy atom. The largest absolute Gasteiger partial charge is 0.329 e. The van der Waals surface area contributed by atoms with Gasteiger partial charge < -0.3 is 5.73 Å². The zero-order valence-electron chi connectivity index (χ0n) is 10.9. The van der Waals surface area contributed by atoms with E-state index < -0.39 is 0 Å². The molecule has 0 aromatic rings. The lowest BCUT2D eigenvalue weighted by molar-refractivity contribution is 0.0645. The van der Waals surface area contributed by atoms with Crippen molar-refractivity contribution in [3.63, 3.8) is 0 Å². The molecule has 0 saturated heterocycles. The second kappa shape index (κ2) is 4.63. The molecular formula is C13H27N3. The maximum atomic E-state index is 5.98. The number of nitrogens with one attached hydrogen (secondary N) is 1. The minimum Gasteiger partial charge on any atom is -0.329 e. The third kappa shape index (κ3) is 2.41. The van der Waals surface area contributed by atoms with E-state index in [-0.39, 0.29) is 5.54 Å². The number of hydrogen-bond donors (Lipinski definition) is 2. The number of nitrogens with two attached hydrogens (primary N) is 1. The Balaban J connectivity index is 1.95. The van der Waals surface area contributed by atoms with Gasteiger partial charge in [-0.1, -0.05) is 12.8 Å². The van der Waals surface area contributed by atoms with E-state index in [2.05, 4.69) is 24.5 Å². The molecule has 0 bridgehead atoms. The summed E-state index contributed by atoms with van der Waals surface area (Å²) < 4.78 is 0. The van der Waals surface area contributed by atoms with E-state index in [1.165, 1.54) is 51.4 Å². The topological polar surface area (TPSA) is 41.3 Å². The summed E-state index contributed by atoms with van der Waals surface area (Å²) >= 11 is 0. The van der Waals surface area contributed by atoms with Crippen LogP contribution >= 0.6 is 0 Å². The minimum absolute atomic E-state index is 0.178. The first-order chi connectivity index (χ1) is 7.60. The quantitative estimate of drug-likeness (QED) is 0.721. The molecule has 16 heavy (non-hydrogen) atoms. The number of hydrazine groups is 1. The molecule has 94 valence electrons. The molecule has 0 unspecified atom stereocenters. The van der Waals surface area contributed by atoms with Gasteiger partial charge in [0.25, 0.3) is 0 Å². The van der Waals surface area contributed by atoms with Gasteiger partial charge in [-0.2, -0.15) is 0 Å². The van der Waals surface area contributed by atoms with Gasteiger partial charge in [0.05, 0.1) is 0 Å². The van der Waals surface area contributed by atoms with Gasteiger partial charge in [0.15, 0.2) is 0 Å². The Hall–Kier alpha value is -0.120. The second-order valence-electron chi connectivity index (χ2n) is 6.20. The van der Waals surface area contributed by atoms with Crippen LogP contribution in [0.3, 0.4) is 0 Å². The number of hydrogen-bond acceptors (Lipinski definition) is 3. The Kier molecular flexibility index (Phi) is 3.57. The highest BCUT2D eigenvalue weighted by atomic mass is 15.5. The molecule has 1 spiro atoms. The van der Waals surface area contributed by atoms with Crippen molar-refractivity contribution in [3.8, 4) is 0 Å². The van der Waals surface area contributed by atoms with Crippen LogP contribution in [0.1, 0.15) is 51.4 Å². The highest BCUT2D eigenvalue weighted by molar-refractivity contribution is 4.99. The zero-order valence-corrected chi connectivity index (χ0v) is 10.9.